The van der Waals surface area contributed by atoms with Crippen molar-refractivity contribution in [1.82, 2.24) is 9.21 Å². The van der Waals surface area contributed by atoms with E-state index in [0.29, 0.717) is 25.6 Å². The van der Waals surface area contributed by atoms with Gasteiger partial charge in [0.2, 0.25) is 10.0 Å². The van der Waals surface area contributed by atoms with Gasteiger partial charge in [0, 0.05) is 38.6 Å². The van der Waals surface area contributed by atoms with Gasteiger partial charge in [-0.05, 0) is 12.0 Å². The molecule has 132 valence electrons. The third-order valence-corrected chi connectivity index (χ3v) is 6.68. The first-order chi connectivity index (χ1) is 11.6. The lowest BCUT2D eigenvalue weighted by Crippen LogP contribution is -2.49. The van der Waals surface area contributed by atoms with Crippen LogP contribution in [0.2, 0.25) is 0 Å². The summed E-state index contributed by atoms with van der Waals surface area (Å²) in [5, 5.41) is 0. The van der Waals surface area contributed by atoms with Gasteiger partial charge in [-0.25, -0.2) is 8.42 Å². The van der Waals surface area contributed by atoms with Crippen LogP contribution in [0.3, 0.4) is 0 Å². The van der Waals surface area contributed by atoms with E-state index in [1.807, 2.05) is 36.4 Å². The van der Waals surface area contributed by atoms with Gasteiger partial charge in [-0.15, -0.1) is 6.58 Å². The molecule has 0 aliphatic carbocycles. The molecule has 1 aromatic carbocycles. The number of benzene rings is 1. The Morgan fingerprint density at radius 1 is 1.21 bits per heavy atom. The van der Waals surface area contributed by atoms with Gasteiger partial charge in [-0.3, -0.25) is 4.90 Å². The summed E-state index contributed by atoms with van der Waals surface area (Å²) < 4.78 is 33.1. The molecule has 0 aromatic heterocycles. The average Bonchev–Trinajstić information content (AvgIpc) is 2.76. The van der Waals surface area contributed by atoms with Gasteiger partial charge >= 0.3 is 0 Å². The number of nitrogens with zero attached hydrogens (tertiary/aromatic N) is 2. The SMILES string of the molecule is C=CCN1CCO[C@H]2CN(S(=O)(=O)Cc3ccccc3)CC[C@H]2C1. The molecular weight excluding hydrogens is 324 g/mol. The van der Waals surface area contributed by atoms with Crippen molar-refractivity contribution in [2.24, 2.45) is 5.92 Å². The van der Waals surface area contributed by atoms with Crippen molar-refractivity contribution < 1.29 is 13.2 Å². The molecule has 2 aliphatic rings. The van der Waals surface area contributed by atoms with Crippen molar-refractivity contribution in [3.05, 3.63) is 48.6 Å². The zero-order valence-electron chi connectivity index (χ0n) is 14.0. The van der Waals surface area contributed by atoms with Crippen LogP contribution in [0.5, 0.6) is 0 Å². The molecule has 2 aliphatic heterocycles. The Balaban J connectivity index is 1.65. The molecule has 2 fully saturated rings. The Hall–Kier alpha value is -1.21. The second kappa shape index (κ2) is 7.78. The third kappa shape index (κ3) is 4.25. The molecule has 2 heterocycles. The molecule has 24 heavy (non-hydrogen) atoms. The minimum Gasteiger partial charge on any atom is -0.375 e. The summed E-state index contributed by atoms with van der Waals surface area (Å²) in [5.41, 5.74) is 0.832. The molecule has 2 atom stereocenters. The predicted molar refractivity (Wildman–Crippen MR) is 95.1 cm³/mol. The molecular formula is C18H26N2O3S. The molecule has 2 saturated heterocycles. The number of ether oxygens (including phenoxy) is 1. The van der Waals surface area contributed by atoms with Gasteiger partial charge in [-0.2, -0.15) is 4.31 Å². The molecule has 0 bridgehead atoms. The largest absolute Gasteiger partial charge is 0.375 e. The van der Waals surface area contributed by atoms with E-state index in [-0.39, 0.29) is 11.9 Å². The van der Waals surface area contributed by atoms with Crippen molar-refractivity contribution in [3.63, 3.8) is 0 Å². The Labute approximate surface area is 145 Å². The zero-order chi connectivity index (χ0) is 17.0. The van der Waals surface area contributed by atoms with Gasteiger partial charge in [0.25, 0.3) is 0 Å². The highest BCUT2D eigenvalue weighted by molar-refractivity contribution is 7.88. The van der Waals surface area contributed by atoms with Crippen LogP contribution in [0.15, 0.2) is 43.0 Å². The van der Waals surface area contributed by atoms with Gasteiger partial charge < -0.3 is 4.74 Å². The van der Waals surface area contributed by atoms with Crippen molar-refractivity contribution in [1.29, 1.82) is 0 Å². The second-order valence-corrected chi connectivity index (χ2v) is 8.57. The van der Waals surface area contributed by atoms with Crippen molar-refractivity contribution in [3.8, 4) is 0 Å². The maximum atomic E-state index is 12.7. The molecule has 0 N–H and O–H groups in total. The first kappa shape index (κ1) is 17.6. The highest BCUT2D eigenvalue weighted by atomic mass is 32.2. The topological polar surface area (TPSA) is 49.9 Å². The normalized spacial score (nSPS) is 26.5. The lowest BCUT2D eigenvalue weighted by molar-refractivity contribution is -0.00192. The fourth-order valence-corrected chi connectivity index (χ4v) is 5.12. The molecule has 6 heteroatoms. The summed E-state index contributed by atoms with van der Waals surface area (Å²) in [4.78, 5) is 2.34. The molecule has 0 spiro atoms. The fourth-order valence-electron chi connectivity index (χ4n) is 3.57. The first-order valence-corrected chi connectivity index (χ1v) is 10.2. The summed E-state index contributed by atoms with van der Waals surface area (Å²) in [6, 6.07) is 9.37. The number of hydrogen-bond donors (Lipinski definition) is 0. The third-order valence-electron chi connectivity index (χ3n) is 4.86. The molecule has 5 nitrogen and oxygen atoms in total. The van der Waals surface area contributed by atoms with E-state index in [9.17, 15) is 8.42 Å². The van der Waals surface area contributed by atoms with Crippen LogP contribution in [-0.2, 0) is 20.5 Å². The van der Waals surface area contributed by atoms with Crippen LogP contribution in [0.1, 0.15) is 12.0 Å². The van der Waals surface area contributed by atoms with E-state index >= 15 is 0 Å². The average molecular weight is 350 g/mol. The number of sulfonamides is 1. The predicted octanol–water partition coefficient (Wildman–Crippen LogP) is 1.73. The molecule has 0 radical (unpaired) electrons. The standard InChI is InChI=1S/C18H26N2O3S/c1-2-9-19-11-12-23-18-14-20(10-8-17(18)13-19)24(21,22)15-16-6-4-3-5-7-16/h2-7,17-18H,1,8-15H2/t17-,18-/m0/s1. The van der Waals surface area contributed by atoms with Crippen LogP contribution >= 0.6 is 0 Å². The Kier molecular flexibility index (Phi) is 5.71. The van der Waals surface area contributed by atoms with Crippen LogP contribution in [0.4, 0.5) is 0 Å². The van der Waals surface area contributed by atoms with Crippen LogP contribution in [-0.4, -0.2) is 63.1 Å². The van der Waals surface area contributed by atoms with E-state index in [2.05, 4.69) is 11.5 Å². The Bertz CT molecular complexity index is 647. The molecule has 0 saturated carbocycles. The zero-order valence-corrected chi connectivity index (χ0v) is 14.8. The summed E-state index contributed by atoms with van der Waals surface area (Å²) >= 11 is 0. The minimum atomic E-state index is -3.30. The first-order valence-electron chi connectivity index (χ1n) is 8.55. The van der Waals surface area contributed by atoms with E-state index in [4.69, 9.17) is 4.74 Å². The van der Waals surface area contributed by atoms with Crippen LogP contribution < -0.4 is 0 Å². The van der Waals surface area contributed by atoms with Gasteiger partial charge in [-0.1, -0.05) is 36.4 Å². The summed E-state index contributed by atoms with van der Waals surface area (Å²) in [6.45, 7) is 8.23. The van der Waals surface area contributed by atoms with E-state index in [1.165, 1.54) is 0 Å². The Morgan fingerprint density at radius 3 is 2.75 bits per heavy atom. The lowest BCUT2D eigenvalue weighted by Gasteiger charge is -2.37. The fraction of sp³-hybridized carbons (Fsp3) is 0.556. The summed E-state index contributed by atoms with van der Waals surface area (Å²) in [5.74, 6) is 0.462. The lowest BCUT2D eigenvalue weighted by atomic mass is 9.94. The number of piperidine rings is 1. The monoisotopic (exact) mass is 350 g/mol. The number of hydrogen-bond acceptors (Lipinski definition) is 4. The van der Waals surface area contributed by atoms with E-state index < -0.39 is 10.0 Å². The number of rotatable bonds is 5. The minimum absolute atomic E-state index is 0.000821. The molecule has 3 rings (SSSR count). The van der Waals surface area contributed by atoms with Crippen LogP contribution in [0.25, 0.3) is 0 Å². The highest BCUT2D eigenvalue weighted by Gasteiger charge is 2.37. The quantitative estimate of drug-likeness (QED) is 0.759. The highest BCUT2D eigenvalue weighted by Crippen LogP contribution is 2.26. The van der Waals surface area contributed by atoms with Crippen molar-refractivity contribution in [2.75, 3.05) is 39.3 Å². The van der Waals surface area contributed by atoms with Gasteiger partial charge in [0.1, 0.15) is 0 Å². The van der Waals surface area contributed by atoms with Crippen molar-refractivity contribution in [2.45, 2.75) is 18.3 Å². The van der Waals surface area contributed by atoms with Crippen molar-refractivity contribution >= 4 is 10.0 Å². The summed E-state index contributed by atoms with van der Waals surface area (Å²) in [6.07, 6.45) is 2.77. The van der Waals surface area contributed by atoms with E-state index in [1.54, 1.807) is 4.31 Å². The molecule has 0 amide bonds. The molecule has 0 unspecified atom stereocenters. The van der Waals surface area contributed by atoms with Gasteiger partial charge in [0.05, 0.1) is 18.5 Å². The Morgan fingerprint density at radius 2 is 2.00 bits per heavy atom. The summed E-state index contributed by atoms with van der Waals surface area (Å²) in [7, 11) is -3.30. The van der Waals surface area contributed by atoms with Crippen LogP contribution in [0, 0.1) is 5.92 Å². The maximum absolute atomic E-state index is 12.7. The molecule has 1 aromatic rings. The van der Waals surface area contributed by atoms with E-state index in [0.717, 1.165) is 31.6 Å². The second-order valence-electron chi connectivity index (χ2n) is 6.61. The smallest absolute Gasteiger partial charge is 0.218 e. The maximum Gasteiger partial charge on any atom is 0.218 e. The van der Waals surface area contributed by atoms with Gasteiger partial charge in [0.15, 0.2) is 0 Å². The number of fused-ring (bicyclic) bond motifs is 1.